The minimum absolute atomic E-state index is 0.365. The van der Waals surface area contributed by atoms with Crippen molar-refractivity contribution in [3.8, 4) is 0 Å². The van der Waals surface area contributed by atoms with Crippen LogP contribution in [0.1, 0.15) is 30.1 Å². The van der Waals surface area contributed by atoms with Crippen LogP contribution in [0.4, 0.5) is 0 Å². The van der Waals surface area contributed by atoms with Crippen LogP contribution in [-0.4, -0.2) is 17.7 Å². The molecule has 0 aromatic heterocycles. The van der Waals surface area contributed by atoms with Crippen molar-refractivity contribution in [1.82, 2.24) is 5.32 Å². The van der Waals surface area contributed by atoms with Crippen molar-refractivity contribution in [3.63, 3.8) is 0 Å². The summed E-state index contributed by atoms with van der Waals surface area (Å²) in [5.74, 6) is 0. The Bertz CT molecular complexity index is 307. The second kappa shape index (κ2) is 4.11. The minimum atomic E-state index is -0.365. The van der Waals surface area contributed by atoms with Gasteiger partial charge in [0.15, 0.2) is 0 Å². The molecule has 0 spiro atoms. The van der Waals surface area contributed by atoms with E-state index in [1.165, 1.54) is 18.4 Å². The molecule has 1 fully saturated rings. The van der Waals surface area contributed by atoms with Gasteiger partial charge in [-0.25, -0.2) is 0 Å². The molecule has 0 saturated heterocycles. The largest absolute Gasteiger partial charge is 0.387 e. The third-order valence-corrected chi connectivity index (χ3v) is 2.60. The van der Waals surface area contributed by atoms with E-state index >= 15 is 0 Å². The maximum Gasteiger partial charge on any atom is 0.0914 e. The number of hydrogen-bond donors (Lipinski definition) is 2. The zero-order valence-corrected chi connectivity index (χ0v) is 8.53. The van der Waals surface area contributed by atoms with Crippen LogP contribution in [0, 0.1) is 6.92 Å². The molecule has 2 heteroatoms. The molecular formula is C12H17NO. The van der Waals surface area contributed by atoms with E-state index in [-0.39, 0.29) is 6.10 Å². The maximum absolute atomic E-state index is 9.86. The van der Waals surface area contributed by atoms with Crippen LogP contribution in [0.15, 0.2) is 24.3 Å². The molecule has 2 N–H and O–H groups in total. The lowest BCUT2D eigenvalue weighted by Crippen LogP contribution is -2.23. The summed E-state index contributed by atoms with van der Waals surface area (Å²) in [7, 11) is 0. The minimum Gasteiger partial charge on any atom is -0.387 e. The molecule has 76 valence electrons. The van der Waals surface area contributed by atoms with E-state index in [0.29, 0.717) is 12.6 Å². The molecule has 1 atom stereocenters. The fourth-order valence-electron chi connectivity index (χ4n) is 1.56. The highest BCUT2D eigenvalue weighted by atomic mass is 16.3. The van der Waals surface area contributed by atoms with Gasteiger partial charge in [0, 0.05) is 12.6 Å². The topological polar surface area (TPSA) is 32.3 Å². The normalized spacial score (nSPS) is 18.1. The smallest absolute Gasteiger partial charge is 0.0914 e. The van der Waals surface area contributed by atoms with Crippen molar-refractivity contribution in [3.05, 3.63) is 35.4 Å². The summed E-state index contributed by atoms with van der Waals surface area (Å²) in [6, 6.07) is 8.72. The van der Waals surface area contributed by atoms with Gasteiger partial charge in [0.2, 0.25) is 0 Å². The first kappa shape index (κ1) is 9.69. The molecule has 0 bridgehead atoms. The number of hydrogen-bond acceptors (Lipinski definition) is 2. The van der Waals surface area contributed by atoms with E-state index in [1.54, 1.807) is 0 Å². The summed E-state index contributed by atoms with van der Waals surface area (Å²) in [5.41, 5.74) is 2.21. The third-order valence-electron chi connectivity index (χ3n) is 2.60. The molecule has 2 nitrogen and oxygen atoms in total. The highest BCUT2D eigenvalue weighted by molar-refractivity contribution is 5.24. The fourth-order valence-corrected chi connectivity index (χ4v) is 1.56. The van der Waals surface area contributed by atoms with Crippen molar-refractivity contribution in [2.24, 2.45) is 0 Å². The molecule has 1 aliphatic carbocycles. The Hall–Kier alpha value is -0.860. The van der Waals surface area contributed by atoms with Crippen LogP contribution in [0.25, 0.3) is 0 Å². The SMILES string of the molecule is Cc1cccc(C(O)CNC2CC2)c1. The maximum atomic E-state index is 9.86. The van der Waals surface area contributed by atoms with Gasteiger partial charge in [0.1, 0.15) is 0 Å². The molecular weight excluding hydrogens is 174 g/mol. The van der Waals surface area contributed by atoms with Gasteiger partial charge in [-0.3, -0.25) is 0 Å². The first-order valence-corrected chi connectivity index (χ1v) is 5.24. The van der Waals surface area contributed by atoms with Crippen LogP contribution in [-0.2, 0) is 0 Å². The van der Waals surface area contributed by atoms with Crippen LogP contribution < -0.4 is 5.32 Å². The average Bonchev–Trinajstić information content (AvgIpc) is 2.97. The molecule has 1 saturated carbocycles. The first-order valence-electron chi connectivity index (χ1n) is 5.24. The van der Waals surface area contributed by atoms with Gasteiger partial charge in [-0.1, -0.05) is 29.8 Å². The Morgan fingerprint density at radius 2 is 2.29 bits per heavy atom. The summed E-state index contributed by atoms with van der Waals surface area (Å²) >= 11 is 0. The lowest BCUT2D eigenvalue weighted by atomic mass is 10.1. The molecule has 0 amide bonds. The second-order valence-corrected chi connectivity index (χ2v) is 4.11. The van der Waals surface area contributed by atoms with E-state index in [0.717, 1.165) is 5.56 Å². The summed E-state index contributed by atoms with van der Waals surface area (Å²) in [6.07, 6.45) is 2.16. The third kappa shape index (κ3) is 2.56. The predicted octanol–water partition coefficient (Wildman–Crippen LogP) is 1.78. The van der Waals surface area contributed by atoms with Gasteiger partial charge < -0.3 is 10.4 Å². The molecule has 14 heavy (non-hydrogen) atoms. The Morgan fingerprint density at radius 3 is 2.93 bits per heavy atom. The highest BCUT2D eigenvalue weighted by Gasteiger charge is 2.21. The standard InChI is InChI=1S/C12H17NO/c1-9-3-2-4-10(7-9)12(14)8-13-11-5-6-11/h2-4,7,11-14H,5-6,8H2,1H3. The number of aryl methyl sites for hydroxylation is 1. The van der Waals surface area contributed by atoms with Crippen LogP contribution in [0.2, 0.25) is 0 Å². The van der Waals surface area contributed by atoms with Crippen LogP contribution in [0.3, 0.4) is 0 Å². The average molecular weight is 191 g/mol. The lowest BCUT2D eigenvalue weighted by molar-refractivity contribution is 0.174. The van der Waals surface area contributed by atoms with Crippen LogP contribution >= 0.6 is 0 Å². The molecule has 0 heterocycles. The van der Waals surface area contributed by atoms with Gasteiger partial charge in [0.25, 0.3) is 0 Å². The monoisotopic (exact) mass is 191 g/mol. The van der Waals surface area contributed by atoms with E-state index in [2.05, 4.69) is 5.32 Å². The van der Waals surface area contributed by atoms with Crippen molar-refractivity contribution in [2.75, 3.05) is 6.54 Å². The van der Waals surface area contributed by atoms with Gasteiger partial charge >= 0.3 is 0 Å². The Kier molecular flexibility index (Phi) is 2.85. The second-order valence-electron chi connectivity index (χ2n) is 4.11. The number of aliphatic hydroxyl groups excluding tert-OH is 1. The first-order chi connectivity index (χ1) is 6.75. The number of benzene rings is 1. The van der Waals surface area contributed by atoms with E-state index in [4.69, 9.17) is 0 Å². The fraction of sp³-hybridized carbons (Fsp3) is 0.500. The lowest BCUT2D eigenvalue weighted by Gasteiger charge is -2.12. The van der Waals surface area contributed by atoms with Crippen LogP contribution in [0.5, 0.6) is 0 Å². The molecule has 1 aromatic rings. The van der Waals surface area contributed by atoms with Crippen molar-refractivity contribution < 1.29 is 5.11 Å². The quantitative estimate of drug-likeness (QED) is 0.760. The highest BCUT2D eigenvalue weighted by Crippen LogP contribution is 2.20. The number of rotatable bonds is 4. The zero-order valence-electron chi connectivity index (χ0n) is 8.53. The summed E-state index contributed by atoms with van der Waals surface area (Å²) in [6.45, 7) is 2.72. The number of nitrogens with one attached hydrogen (secondary N) is 1. The zero-order chi connectivity index (χ0) is 9.97. The molecule has 1 aromatic carbocycles. The van der Waals surface area contributed by atoms with E-state index in [1.807, 2.05) is 31.2 Å². The molecule has 2 rings (SSSR count). The molecule has 0 aliphatic heterocycles. The summed E-state index contributed by atoms with van der Waals surface area (Å²) in [5, 5.41) is 13.2. The Labute approximate surface area is 85.0 Å². The Morgan fingerprint density at radius 1 is 1.50 bits per heavy atom. The van der Waals surface area contributed by atoms with Gasteiger partial charge in [-0.2, -0.15) is 0 Å². The molecule has 1 aliphatic rings. The van der Waals surface area contributed by atoms with Gasteiger partial charge in [0.05, 0.1) is 6.10 Å². The molecule has 0 radical (unpaired) electrons. The van der Waals surface area contributed by atoms with E-state index in [9.17, 15) is 5.11 Å². The molecule has 1 unspecified atom stereocenters. The Balaban J connectivity index is 1.91. The van der Waals surface area contributed by atoms with Gasteiger partial charge in [-0.05, 0) is 25.3 Å². The summed E-state index contributed by atoms with van der Waals surface area (Å²) in [4.78, 5) is 0. The van der Waals surface area contributed by atoms with E-state index < -0.39 is 0 Å². The van der Waals surface area contributed by atoms with Gasteiger partial charge in [-0.15, -0.1) is 0 Å². The van der Waals surface area contributed by atoms with Crippen molar-refractivity contribution in [2.45, 2.75) is 31.9 Å². The van der Waals surface area contributed by atoms with Crippen molar-refractivity contribution >= 4 is 0 Å². The summed E-state index contributed by atoms with van der Waals surface area (Å²) < 4.78 is 0. The van der Waals surface area contributed by atoms with Crippen molar-refractivity contribution in [1.29, 1.82) is 0 Å². The number of aliphatic hydroxyl groups is 1. The predicted molar refractivity (Wildman–Crippen MR) is 57.2 cm³/mol.